The summed E-state index contributed by atoms with van der Waals surface area (Å²) in [5.41, 5.74) is 0. The van der Waals surface area contributed by atoms with Crippen LogP contribution in [0.3, 0.4) is 0 Å². The van der Waals surface area contributed by atoms with Gasteiger partial charge in [-0.1, -0.05) is 0 Å². The van der Waals surface area contributed by atoms with Gasteiger partial charge in [0.25, 0.3) is 0 Å². The summed E-state index contributed by atoms with van der Waals surface area (Å²) in [5, 5.41) is 18.0. The van der Waals surface area contributed by atoms with Crippen molar-refractivity contribution in [3.05, 3.63) is 18.3 Å². The van der Waals surface area contributed by atoms with E-state index in [-0.39, 0.29) is 24.7 Å². The smallest absolute Gasteiger partial charge is 0.329 e. The Balaban J connectivity index is 2.00. The van der Waals surface area contributed by atoms with Crippen molar-refractivity contribution in [1.29, 1.82) is 0 Å². The molecule has 1 aromatic rings. The van der Waals surface area contributed by atoms with E-state index in [2.05, 4.69) is 15.7 Å². The fourth-order valence-electron chi connectivity index (χ4n) is 1.56. The Bertz CT molecular complexity index is 401. The number of anilines is 1. The molecule has 3 N–H and O–H groups in total. The molecule has 16 heavy (non-hydrogen) atoms. The summed E-state index contributed by atoms with van der Waals surface area (Å²) in [6.07, 6.45) is 0.532. The first-order valence-corrected chi connectivity index (χ1v) is 4.92. The lowest BCUT2D eigenvalue weighted by atomic mass is 10.2. The normalized spacial score (nSPS) is 24.3. The Morgan fingerprint density at radius 3 is 3.19 bits per heavy atom. The van der Waals surface area contributed by atoms with Crippen LogP contribution in [0.15, 0.2) is 18.3 Å². The molecule has 6 nitrogen and oxygen atoms in total. The summed E-state index contributed by atoms with van der Waals surface area (Å²) in [4.78, 5) is 12.2. The summed E-state index contributed by atoms with van der Waals surface area (Å²) in [6, 6.07) is 2.50. The number of hydrogen-bond donors (Lipinski definition) is 3. The highest BCUT2D eigenvalue weighted by Gasteiger charge is 2.32. The van der Waals surface area contributed by atoms with Gasteiger partial charge in [-0.2, -0.15) is 0 Å². The maximum atomic E-state index is 12.8. The van der Waals surface area contributed by atoms with Crippen LogP contribution in [0.1, 0.15) is 6.42 Å². The molecule has 0 bridgehead atoms. The number of carbonyl (C=O) groups is 1. The zero-order chi connectivity index (χ0) is 11.5. The summed E-state index contributed by atoms with van der Waals surface area (Å²) in [7, 11) is 0. The molecule has 2 rings (SSSR count). The summed E-state index contributed by atoms with van der Waals surface area (Å²) in [5.74, 6) is -0.229. The van der Waals surface area contributed by atoms with Crippen LogP contribution in [0.4, 0.5) is 10.2 Å². The number of halogens is 1. The van der Waals surface area contributed by atoms with Crippen LogP contribution in [0, 0.1) is 0 Å². The zero-order valence-electron chi connectivity index (χ0n) is 8.43. The van der Waals surface area contributed by atoms with E-state index in [0.717, 1.165) is 0 Å². The van der Waals surface area contributed by atoms with Crippen LogP contribution in [0.25, 0.3) is 0 Å². The zero-order valence-corrected chi connectivity index (χ0v) is 8.43. The second-order valence-corrected chi connectivity index (χ2v) is 3.58. The molecular formula is C9H12FN4O2+. The average molecular weight is 227 g/mol. The van der Waals surface area contributed by atoms with Gasteiger partial charge in [-0.15, -0.1) is 0 Å². The molecular weight excluding hydrogens is 215 g/mol. The maximum absolute atomic E-state index is 12.8. The van der Waals surface area contributed by atoms with Crippen molar-refractivity contribution in [2.24, 2.45) is 0 Å². The maximum Gasteiger partial charge on any atom is 0.346 e. The minimum Gasteiger partial charge on any atom is -0.329 e. The van der Waals surface area contributed by atoms with Gasteiger partial charge in [0.2, 0.25) is 0 Å². The molecule has 2 atom stereocenters. The fourth-order valence-corrected chi connectivity index (χ4v) is 1.56. The number of nitrogens with one attached hydrogen (secondary N) is 2. The Kier molecular flexibility index (Phi) is 2.95. The monoisotopic (exact) mass is 227 g/mol. The molecule has 1 fully saturated rings. The Hall–Kier alpha value is -1.76. The average Bonchev–Trinajstić information content (AvgIpc) is 2.68. The van der Waals surface area contributed by atoms with Gasteiger partial charge in [0.1, 0.15) is 12.2 Å². The topological polar surface area (TPSA) is 78.1 Å². The van der Waals surface area contributed by atoms with Gasteiger partial charge in [-0.25, -0.2) is 14.5 Å². The van der Waals surface area contributed by atoms with E-state index >= 15 is 0 Å². The van der Waals surface area contributed by atoms with Gasteiger partial charge in [-0.05, 0) is 11.2 Å². The first-order chi connectivity index (χ1) is 7.66. The van der Waals surface area contributed by atoms with Crippen molar-refractivity contribution in [2.45, 2.75) is 18.6 Å². The lowest BCUT2D eigenvalue weighted by Crippen LogP contribution is -2.43. The first-order valence-electron chi connectivity index (χ1n) is 4.92. The summed E-state index contributed by atoms with van der Waals surface area (Å²) >= 11 is 0. The number of alkyl halides is 1. The molecule has 1 aliphatic rings. The Labute approximate surface area is 91.0 Å². The first kappa shape index (κ1) is 10.7. The standard InChI is InChI=1S/C9H11FN4O2/c10-6-4-7(11-5-6)9(15)13-8-2-1-3-12-14(8)16/h1-3,6-7,11,16H,4-5H2/p+1/t6-,7+/m1/s1. The van der Waals surface area contributed by atoms with E-state index < -0.39 is 12.2 Å². The largest absolute Gasteiger partial charge is 0.346 e. The third-order valence-corrected chi connectivity index (χ3v) is 2.38. The second-order valence-electron chi connectivity index (χ2n) is 3.58. The van der Waals surface area contributed by atoms with Crippen LogP contribution in [0.5, 0.6) is 0 Å². The summed E-state index contributed by atoms with van der Waals surface area (Å²) < 4.78 is 12.8. The number of aromatic nitrogens is 2. The molecule has 0 aliphatic carbocycles. The highest BCUT2D eigenvalue weighted by Crippen LogP contribution is 2.11. The van der Waals surface area contributed by atoms with E-state index in [1.54, 1.807) is 6.07 Å². The molecule has 0 saturated carbocycles. The Morgan fingerprint density at radius 1 is 1.75 bits per heavy atom. The van der Waals surface area contributed by atoms with Crippen molar-refractivity contribution in [3.63, 3.8) is 0 Å². The number of hydrogen-bond acceptors (Lipinski definition) is 4. The molecule has 7 heteroatoms. The highest BCUT2D eigenvalue weighted by atomic mass is 19.1. The van der Waals surface area contributed by atoms with Crippen molar-refractivity contribution in [1.82, 2.24) is 10.4 Å². The van der Waals surface area contributed by atoms with E-state index in [9.17, 15) is 14.4 Å². The van der Waals surface area contributed by atoms with Crippen LogP contribution in [0.2, 0.25) is 0 Å². The molecule has 2 heterocycles. The molecule has 0 radical (unpaired) electrons. The molecule has 0 aromatic carbocycles. The van der Waals surface area contributed by atoms with Crippen LogP contribution >= 0.6 is 0 Å². The number of rotatable bonds is 2. The highest BCUT2D eigenvalue weighted by molar-refractivity contribution is 5.93. The SMILES string of the molecule is O=C(Nc1cccn[n+]1O)[C@@H]1C[C@@H](F)CN1. The minimum absolute atomic E-state index is 0.150. The van der Waals surface area contributed by atoms with Crippen LogP contribution < -0.4 is 15.5 Å². The van der Waals surface area contributed by atoms with Gasteiger partial charge in [0, 0.05) is 19.0 Å². The number of nitrogens with zero attached hydrogens (tertiary/aromatic N) is 2. The quantitative estimate of drug-likeness (QED) is 0.458. The van der Waals surface area contributed by atoms with E-state index in [1.807, 2.05) is 0 Å². The van der Waals surface area contributed by atoms with E-state index in [1.165, 1.54) is 12.3 Å². The second kappa shape index (κ2) is 4.40. The predicted octanol–water partition coefficient (Wildman–Crippen LogP) is -0.755. The van der Waals surface area contributed by atoms with Gasteiger partial charge < -0.3 is 10.5 Å². The molecule has 1 aliphatic heterocycles. The fraction of sp³-hybridized carbons (Fsp3) is 0.444. The van der Waals surface area contributed by atoms with Crippen molar-refractivity contribution >= 4 is 11.7 Å². The van der Waals surface area contributed by atoms with E-state index in [0.29, 0.717) is 4.85 Å². The minimum atomic E-state index is -0.995. The summed E-state index contributed by atoms with van der Waals surface area (Å²) in [6.45, 7) is 0.185. The van der Waals surface area contributed by atoms with Gasteiger partial charge in [-0.3, -0.25) is 0 Å². The lowest BCUT2D eigenvalue weighted by molar-refractivity contribution is -0.937. The van der Waals surface area contributed by atoms with Crippen LogP contribution in [-0.2, 0) is 4.79 Å². The molecule has 1 aromatic heterocycles. The van der Waals surface area contributed by atoms with Crippen molar-refractivity contribution in [2.75, 3.05) is 11.9 Å². The molecule has 0 unspecified atom stereocenters. The van der Waals surface area contributed by atoms with E-state index in [4.69, 9.17) is 0 Å². The number of amides is 1. The van der Waals surface area contributed by atoms with Gasteiger partial charge in [0.05, 0.1) is 11.0 Å². The molecule has 1 amide bonds. The Morgan fingerprint density at radius 2 is 2.56 bits per heavy atom. The predicted molar refractivity (Wildman–Crippen MR) is 51.5 cm³/mol. The number of carbonyl (C=O) groups excluding carboxylic acids is 1. The van der Waals surface area contributed by atoms with Crippen molar-refractivity contribution in [3.8, 4) is 0 Å². The van der Waals surface area contributed by atoms with Crippen molar-refractivity contribution < 1.29 is 19.2 Å². The molecule has 86 valence electrons. The lowest BCUT2D eigenvalue weighted by Gasteiger charge is -2.04. The molecule has 1 saturated heterocycles. The van der Waals surface area contributed by atoms with Gasteiger partial charge in [0.15, 0.2) is 0 Å². The third kappa shape index (κ3) is 2.25. The molecule has 0 spiro atoms. The van der Waals surface area contributed by atoms with Crippen LogP contribution in [-0.4, -0.2) is 35.0 Å². The third-order valence-electron chi connectivity index (χ3n) is 2.38. The van der Waals surface area contributed by atoms with Gasteiger partial charge >= 0.3 is 11.7 Å².